The fourth-order valence-corrected chi connectivity index (χ4v) is 4.41. The second-order valence-electron chi connectivity index (χ2n) is 9.13. The van der Waals surface area contributed by atoms with Crippen molar-refractivity contribution in [2.45, 2.75) is 13.0 Å². The summed E-state index contributed by atoms with van der Waals surface area (Å²) in [6.07, 6.45) is 4.33. The number of ether oxygens (including phenoxy) is 1. The highest BCUT2D eigenvalue weighted by Crippen LogP contribution is 2.28. The van der Waals surface area contributed by atoms with Crippen molar-refractivity contribution >= 4 is 45.9 Å². The quantitative estimate of drug-likeness (QED) is 0.254. The molecule has 0 bridgehead atoms. The Morgan fingerprint density at radius 3 is 2.62 bits per heavy atom. The van der Waals surface area contributed by atoms with Crippen LogP contribution in [0.25, 0.3) is 28.0 Å². The van der Waals surface area contributed by atoms with Gasteiger partial charge in [0.1, 0.15) is 5.52 Å². The largest absolute Gasteiger partial charge is 0.404 e. The average Bonchev–Trinajstić information content (AvgIpc) is 2.98. The molecule has 1 aliphatic heterocycles. The summed E-state index contributed by atoms with van der Waals surface area (Å²) < 4.78 is 5.40. The number of fused-ring (bicyclic) bond motifs is 1. The van der Waals surface area contributed by atoms with E-state index < -0.39 is 0 Å². The monoisotopic (exact) mass is 522 g/mol. The van der Waals surface area contributed by atoms with Crippen molar-refractivity contribution in [2.75, 3.05) is 36.9 Å². The van der Waals surface area contributed by atoms with E-state index in [1.807, 2.05) is 67.6 Å². The Bertz CT molecular complexity index is 1510. The van der Waals surface area contributed by atoms with E-state index in [4.69, 9.17) is 25.8 Å². The second kappa shape index (κ2) is 11.8. The first kappa shape index (κ1) is 26.0. The van der Waals surface area contributed by atoms with Crippen LogP contribution in [0.5, 0.6) is 0 Å². The zero-order valence-electron chi connectivity index (χ0n) is 21.6. The molecule has 1 amide bonds. The van der Waals surface area contributed by atoms with Gasteiger partial charge in [-0.2, -0.15) is 0 Å². The molecule has 2 aromatic carbocycles. The lowest BCUT2D eigenvalue weighted by molar-refractivity contribution is -0.122. The maximum absolute atomic E-state index is 12.9. The third-order valence-electron chi connectivity index (χ3n) is 6.63. The lowest BCUT2D eigenvalue weighted by Crippen LogP contribution is -2.47. The Morgan fingerprint density at radius 2 is 1.87 bits per heavy atom. The molecule has 0 spiro atoms. The van der Waals surface area contributed by atoms with Gasteiger partial charge in [-0.1, -0.05) is 24.3 Å². The first-order chi connectivity index (χ1) is 19.1. The molecule has 5 rings (SSSR count). The predicted octanol–water partition coefficient (Wildman–Crippen LogP) is 4.04. The van der Waals surface area contributed by atoms with E-state index >= 15 is 0 Å². The van der Waals surface area contributed by atoms with Crippen molar-refractivity contribution in [1.82, 2.24) is 19.9 Å². The summed E-state index contributed by atoms with van der Waals surface area (Å²) in [5.41, 5.74) is 10.6. The number of amides is 1. The number of hydrogen-bond acceptors (Lipinski definition) is 9. The summed E-state index contributed by atoms with van der Waals surface area (Å²) in [6.45, 7) is 4.65. The molecule has 1 saturated heterocycles. The van der Waals surface area contributed by atoms with Crippen LogP contribution in [0.15, 0.2) is 73.1 Å². The van der Waals surface area contributed by atoms with Crippen molar-refractivity contribution in [2.24, 2.45) is 5.73 Å². The van der Waals surface area contributed by atoms with Crippen LogP contribution in [0, 0.1) is 5.41 Å². The summed E-state index contributed by atoms with van der Waals surface area (Å²) in [5, 5.41) is 13.9. The molecule has 5 N–H and O–H groups in total. The molecule has 10 heteroatoms. The molecule has 0 radical (unpaired) electrons. The molecule has 39 heavy (non-hydrogen) atoms. The molecule has 10 nitrogen and oxygen atoms in total. The maximum atomic E-state index is 12.9. The van der Waals surface area contributed by atoms with Crippen molar-refractivity contribution in [3.63, 3.8) is 0 Å². The number of benzene rings is 2. The Balaban J connectivity index is 1.41. The van der Waals surface area contributed by atoms with Crippen LogP contribution in [-0.2, 0) is 9.53 Å². The average molecular weight is 523 g/mol. The Morgan fingerprint density at radius 1 is 1.08 bits per heavy atom. The molecule has 1 fully saturated rings. The van der Waals surface area contributed by atoms with Crippen molar-refractivity contribution < 1.29 is 9.53 Å². The molecule has 1 unspecified atom stereocenters. The maximum Gasteiger partial charge on any atom is 0.241 e. The first-order valence-electron chi connectivity index (χ1n) is 12.7. The van der Waals surface area contributed by atoms with Gasteiger partial charge in [-0.15, -0.1) is 0 Å². The van der Waals surface area contributed by atoms with E-state index in [1.165, 1.54) is 12.4 Å². The van der Waals surface area contributed by atoms with Gasteiger partial charge < -0.3 is 26.5 Å². The Hall–Kier alpha value is -4.67. The zero-order valence-corrected chi connectivity index (χ0v) is 21.6. The van der Waals surface area contributed by atoms with Crippen LogP contribution >= 0.6 is 0 Å². The summed E-state index contributed by atoms with van der Waals surface area (Å²) >= 11 is 0. The fourth-order valence-electron chi connectivity index (χ4n) is 4.41. The van der Waals surface area contributed by atoms with Crippen LogP contribution in [0.3, 0.4) is 0 Å². The van der Waals surface area contributed by atoms with Gasteiger partial charge in [0.15, 0.2) is 11.6 Å². The number of anilines is 3. The van der Waals surface area contributed by atoms with Gasteiger partial charge in [0, 0.05) is 54.2 Å². The van der Waals surface area contributed by atoms with Gasteiger partial charge in [-0.05, 0) is 48.9 Å². The summed E-state index contributed by atoms with van der Waals surface area (Å²) in [6, 6.07) is 18.5. The minimum absolute atomic E-state index is 0.0702. The lowest BCUT2D eigenvalue weighted by Gasteiger charge is -2.31. The third-order valence-corrected chi connectivity index (χ3v) is 6.63. The fraction of sp³-hybridized carbons (Fsp3) is 0.207. The van der Waals surface area contributed by atoms with E-state index in [1.54, 1.807) is 6.20 Å². The van der Waals surface area contributed by atoms with Gasteiger partial charge in [0.05, 0.1) is 24.8 Å². The van der Waals surface area contributed by atoms with Gasteiger partial charge in [-0.3, -0.25) is 14.7 Å². The number of nitrogens with two attached hydrogens (primary N) is 1. The molecule has 3 heterocycles. The molecule has 1 atom stereocenters. The topological polar surface area (TPSA) is 142 Å². The highest BCUT2D eigenvalue weighted by Gasteiger charge is 2.23. The number of nitrogens with one attached hydrogen (secondary N) is 3. The zero-order chi connectivity index (χ0) is 27.2. The number of rotatable bonds is 8. The number of pyridine rings is 1. The molecule has 0 saturated carbocycles. The van der Waals surface area contributed by atoms with Crippen molar-refractivity contribution in [3.05, 3.63) is 78.6 Å². The normalized spacial score (nSPS) is 15.1. The molecule has 0 aliphatic carbocycles. The molecule has 1 aliphatic rings. The number of carbonyl (C=O) groups is 1. The molecular weight excluding hydrogens is 492 g/mol. The smallest absolute Gasteiger partial charge is 0.241 e. The van der Waals surface area contributed by atoms with Crippen LogP contribution in [0.2, 0.25) is 0 Å². The number of aromatic nitrogens is 3. The van der Waals surface area contributed by atoms with Gasteiger partial charge in [-0.25, -0.2) is 9.97 Å². The van der Waals surface area contributed by atoms with E-state index in [2.05, 4.69) is 20.5 Å². The van der Waals surface area contributed by atoms with E-state index in [0.29, 0.717) is 47.1 Å². The first-order valence-corrected chi connectivity index (χ1v) is 12.7. The van der Waals surface area contributed by atoms with E-state index in [0.717, 1.165) is 29.9 Å². The number of hydrogen-bond donors (Lipinski definition) is 4. The Kier molecular flexibility index (Phi) is 7.86. The van der Waals surface area contributed by atoms with Crippen LogP contribution in [0.1, 0.15) is 12.5 Å². The summed E-state index contributed by atoms with van der Waals surface area (Å²) in [5.74, 6) is 0.989. The standard InChI is InChI=1S/C29H30N8O2/c1-19(37-12-14-39-15-13-37)29(38)34-24-5-2-4-21(16-24)27-35-25-6-3-11-32-26(25)28(36-27)33-23-9-7-20(8-10-23)22(17-30)18-31/h2-11,16-19,30H,12-15,31H2,1H3,(H,34,38)(H,33,35,36)/b22-18+,30-17?. The second-order valence-corrected chi connectivity index (χ2v) is 9.13. The number of carbonyl (C=O) groups excluding carboxylic acids is 1. The van der Waals surface area contributed by atoms with Crippen molar-refractivity contribution in [3.8, 4) is 11.4 Å². The highest BCUT2D eigenvalue weighted by molar-refractivity contribution is 6.08. The number of morpholine rings is 1. The molecule has 2 aromatic heterocycles. The minimum atomic E-state index is -0.266. The van der Waals surface area contributed by atoms with Crippen LogP contribution in [-0.4, -0.2) is 64.3 Å². The van der Waals surface area contributed by atoms with Crippen molar-refractivity contribution in [1.29, 1.82) is 5.41 Å². The van der Waals surface area contributed by atoms with E-state index in [-0.39, 0.29) is 11.9 Å². The summed E-state index contributed by atoms with van der Waals surface area (Å²) in [4.78, 5) is 29.1. The predicted molar refractivity (Wildman–Crippen MR) is 154 cm³/mol. The van der Waals surface area contributed by atoms with Gasteiger partial charge >= 0.3 is 0 Å². The summed E-state index contributed by atoms with van der Waals surface area (Å²) in [7, 11) is 0. The molecule has 198 valence electrons. The molecule has 4 aromatic rings. The van der Waals surface area contributed by atoms with Gasteiger partial charge in [0.2, 0.25) is 5.91 Å². The van der Waals surface area contributed by atoms with E-state index in [9.17, 15) is 4.79 Å². The third kappa shape index (κ3) is 5.92. The highest BCUT2D eigenvalue weighted by atomic mass is 16.5. The minimum Gasteiger partial charge on any atom is -0.404 e. The SMILES string of the molecule is CC(C(=O)Nc1cccc(-c2nc(Nc3ccc(/C(C=N)=C/N)cc3)c3ncccc3n2)c1)N1CCOCC1. The Labute approximate surface area is 226 Å². The number of nitrogens with zero attached hydrogens (tertiary/aromatic N) is 4. The van der Waals surface area contributed by atoms with Crippen LogP contribution < -0.4 is 16.4 Å². The van der Waals surface area contributed by atoms with Gasteiger partial charge in [0.25, 0.3) is 0 Å². The molecular formula is C29H30N8O2. The van der Waals surface area contributed by atoms with Crippen LogP contribution in [0.4, 0.5) is 17.2 Å². The lowest BCUT2D eigenvalue weighted by atomic mass is 10.1. The number of allylic oxidation sites excluding steroid dienone is 1.